The zero-order chi connectivity index (χ0) is 13.8. The van der Waals surface area contributed by atoms with Crippen LogP contribution < -0.4 is 5.32 Å². The highest BCUT2D eigenvalue weighted by molar-refractivity contribution is 5.96. The number of carbonyl (C=O) groups excluding carboxylic acids is 1. The molecule has 0 bridgehead atoms. The summed E-state index contributed by atoms with van der Waals surface area (Å²) in [6.07, 6.45) is 3.79. The minimum Gasteiger partial charge on any atom is -0.477 e. The molecular weight excluding hydrogens is 246 g/mol. The molecule has 1 heterocycles. The van der Waals surface area contributed by atoms with Crippen molar-refractivity contribution in [3.63, 3.8) is 0 Å². The van der Waals surface area contributed by atoms with Crippen LogP contribution in [-0.2, 0) is 0 Å². The number of pyridine rings is 1. The predicted molar refractivity (Wildman–Crippen MR) is 69.2 cm³/mol. The lowest BCUT2D eigenvalue weighted by Gasteiger charge is -2.15. The lowest BCUT2D eigenvalue weighted by atomic mass is 10.2. The molecule has 0 aromatic carbocycles. The van der Waals surface area contributed by atoms with Gasteiger partial charge in [0, 0.05) is 30.9 Å². The molecule has 19 heavy (non-hydrogen) atoms. The molecular formula is C13H17N3O3. The van der Waals surface area contributed by atoms with Crippen molar-refractivity contribution in [2.75, 3.05) is 20.1 Å². The number of aromatic nitrogens is 1. The van der Waals surface area contributed by atoms with Crippen LogP contribution >= 0.6 is 0 Å². The van der Waals surface area contributed by atoms with Crippen molar-refractivity contribution in [2.45, 2.75) is 18.9 Å². The molecule has 1 fully saturated rings. The molecule has 1 amide bonds. The number of carboxylic acid groups (broad SMARTS) is 1. The number of nitrogens with zero attached hydrogens (tertiary/aromatic N) is 2. The Labute approximate surface area is 111 Å². The van der Waals surface area contributed by atoms with Gasteiger partial charge < -0.3 is 15.3 Å². The van der Waals surface area contributed by atoms with E-state index in [1.54, 1.807) is 0 Å². The second-order valence-electron chi connectivity index (χ2n) is 4.70. The fraction of sp³-hybridized carbons (Fsp3) is 0.462. The van der Waals surface area contributed by atoms with Crippen LogP contribution in [0.5, 0.6) is 0 Å². The van der Waals surface area contributed by atoms with Gasteiger partial charge in [-0.3, -0.25) is 4.79 Å². The Balaban J connectivity index is 1.85. The van der Waals surface area contributed by atoms with Gasteiger partial charge in [0.05, 0.1) is 0 Å². The van der Waals surface area contributed by atoms with Crippen LogP contribution in [0, 0.1) is 0 Å². The SMILES string of the molecule is CN(CCNC(=O)c1ccnc(C(=O)O)c1)C1CC1. The molecule has 102 valence electrons. The number of hydrogen-bond acceptors (Lipinski definition) is 4. The van der Waals surface area contributed by atoms with Gasteiger partial charge in [-0.1, -0.05) is 0 Å². The summed E-state index contributed by atoms with van der Waals surface area (Å²) >= 11 is 0. The van der Waals surface area contributed by atoms with E-state index in [1.165, 1.54) is 31.2 Å². The third kappa shape index (κ3) is 3.75. The van der Waals surface area contributed by atoms with E-state index in [9.17, 15) is 9.59 Å². The Bertz CT molecular complexity index is 486. The third-order valence-corrected chi connectivity index (χ3v) is 3.16. The molecule has 0 radical (unpaired) electrons. The molecule has 0 aliphatic heterocycles. The molecule has 1 aromatic rings. The van der Waals surface area contributed by atoms with Crippen LogP contribution in [0.4, 0.5) is 0 Å². The van der Waals surface area contributed by atoms with Crippen molar-refractivity contribution >= 4 is 11.9 Å². The Morgan fingerprint density at radius 1 is 1.53 bits per heavy atom. The molecule has 1 aromatic heterocycles. The number of amides is 1. The topological polar surface area (TPSA) is 82.5 Å². The van der Waals surface area contributed by atoms with E-state index in [-0.39, 0.29) is 11.6 Å². The average Bonchev–Trinajstić information content (AvgIpc) is 3.23. The largest absolute Gasteiger partial charge is 0.477 e. The third-order valence-electron chi connectivity index (χ3n) is 3.16. The highest BCUT2D eigenvalue weighted by atomic mass is 16.4. The summed E-state index contributed by atoms with van der Waals surface area (Å²) in [7, 11) is 2.04. The van der Waals surface area contributed by atoms with Gasteiger partial charge in [-0.15, -0.1) is 0 Å². The number of likely N-dealkylation sites (N-methyl/N-ethyl adjacent to an activating group) is 1. The summed E-state index contributed by atoms with van der Waals surface area (Å²) in [5.41, 5.74) is 0.198. The summed E-state index contributed by atoms with van der Waals surface area (Å²) in [6, 6.07) is 3.45. The van der Waals surface area contributed by atoms with Crippen LogP contribution in [0.25, 0.3) is 0 Å². The summed E-state index contributed by atoms with van der Waals surface area (Å²) in [6.45, 7) is 1.35. The van der Waals surface area contributed by atoms with Crippen molar-refractivity contribution in [1.82, 2.24) is 15.2 Å². The predicted octanol–water partition coefficient (Wildman–Crippen LogP) is 0.604. The molecule has 0 spiro atoms. The van der Waals surface area contributed by atoms with Crippen LogP contribution in [0.15, 0.2) is 18.3 Å². The van der Waals surface area contributed by atoms with Crippen molar-refractivity contribution < 1.29 is 14.7 Å². The standard InChI is InChI=1S/C13H17N3O3/c1-16(10-2-3-10)7-6-15-12(17)9-4-5-14-11(8-9)13(18)19/h4-5,8,10H,2-3,6-7H2,1H3,(H,15,17)(H,18,19). The first kappa shape index (κ1) is 13.5. The molecule has 1 saturated carbocycles. The molecule has 0 atom stereocenters. The molecule has 1 aliphatic carbocycles. The maximum Gasteiger partial charge on any atom is 0.354 e. The van der Waals surface area contributed by atoms with Crippen LogP contribution in [0.2, 0.25) is 0 Å². The summed E-state index contributed by atoms with van der Waals surface area (Å²) in [5.74, 6) is -1.41. The van der Waals surface area contributed by atoms with Crippen molar-refractivity contribution in [2.24, 2.45) is 0 Å². The van der Waals surface area contributed by atoms with Gasteiger partial charge in [0.25, 0.3) is 5.91 Å². The minimum absolute atomic E-state index is 0.122. The highest BCUT2D eigenvalue weighted by Crippen LogP contribution is 2.24. The van der Waals surface area contributed by atoms with Gasteiger partial charge in [0.2, 0.25) is 0 Å². The number of carbonyl (C=O) groups is 2. The summed E-state index contributed by atoms with van der Waals surface area (Å²) in [5, 5.41) is 11.6. The lowest BCUT2D eigenvalue weighted by Crippen LogP contribution is -2.34. The first-order chi connectivity index (χ1) is 9.08. The van der Waals surface area contributed by atoms with E-state index >= 15 is 0 Å². The van der Waals surface area contributed by atoms with Gasteiger partial charge in [-0.05, 0) is 32.0 Å². The van der Waals surface area contributed by atoms with E-state index < -0.39 is 5.97 Å². The van der Waals surface area contributed by atoms with Crippen LogP contribution in [0.1, 0.15) is 33.7 Å². The summed E-state index contributed by atoms with van der Waals surface area (Å²) < 4.78 is 0. The van der Waals surface area contributed by atoms with E-state index in [4.69, 9.17) is 5.11 Å². The van der Waals surface area contributed by atoms with E-state index in [0.29, 0.717) is 18.2 Å². The van der Waals surface area contributed by atoms with Gasteiger partial charge in [0.15, 0.2) is 0 Å². The fourth-order valence-corrected chi connectivity index (χ4v) is 1.83. The normalized spacial score (nSPS) is 14.4. The van der Waals surface area contributed by atoms with Crippen molar-refractivity contribution in [1.29, 1.82) is 0 Å². The second kappa shape index (κ2) is 5.79. The number of aromatic carboxylic acids is 1. The van der Waals surface area contributed by atoms with Crippen LogP contribution in [0.3, 0.4) is 0 Å². The maximum absolute atomic E-state index is 11.8. The Morgan fingerprint density at radius 3 is 2.89 bits per heavy atom. The minimum atomic E-state index is -1.14. The zero-order valence-corrected chi connectivity index (χ0v) is 10.8. The molecule has 0 unspecified atom stereocenters. The first-order valence-electron chi connectivity index (χ1n) is 6.25. The smallest absolute Gasteiger partial charge is 0.354 e. The average molecular weight is 263 g/mol. The lowest BCUT2D eigenvalue weighted by molar-refractivity contribution is 0.0690. The van der Waals surface area contributed by atoms with Gasteiger partial charge in [-0.2, -0.15) is 0 Å². The molecule has 6 nitrogen and oxygen atoms in total. The highest BCUT2D eigenvalue weighted by Gasteiger charge is 2.25. The first-order valence-corrected chi connectivity index (χ1v) is 6.25. The summed E-state index contributed by atoms with van der Waals surface area (Å²) in [4.78, 5) is 28.5. The monoisotopic (exact) mass is 263 g/mol. The molecule has 2 rings (SSSR count). The van der Waals surface area contributed by atoms with Crippen molar-refractivity contribution in [3.8, 4) is 0 Å². The number of nitrogens with one attached hydrogen (secondary N) is 1. The molecule has 0 saturated heterocycles. The number of rotatable bonds is 6. The quantitative estimate of drug-likeness (QED) is 0.785. The number of carboxylic acids is 1. The van der Waals surface area contributed by atoms with Gasteiger partial charge in [-0.25, -0.2) is 9.78 Å². The van der Waals surface area contributed by atoms with E-state index in [2.05, 4.69) is 15.2 Å². The molecule has 2 N–H and O–H groups in total. The fourth-order valence-electron chi connectivity index (χ4n) is 1.83. The molecule has 1 aliphatic rings. The number of hydrogen-bond donors (Lipinski definition) is 2. The van der Waals surface area contributed by atoms with Crippen LogP contribution in [-0.4, -0.2) is 53.0 Å². The maximum atomic E-state index is 11.8. The molecule has 6 heteroatoms. The van der Waals surface area contributed by atoms with E-state index in [1.807, 2.05) is 7.05 Å². The Morgan fingerprint density at radius 2 is 2.26 bits per heavy atom. The van der Waals surface area contributed by atoms with Gasteiger partial charge in [0.1, 0.15) is 5.69 Å². The van der Waals surface area contributed by atoms with Gasteiger partial charge >= 0.3 is 5.97 Å². The Hall–Kier alpha value is -1.95. The zero-order valence-electron chi connectivity index (χ0n) is 10.8. The Kier molecular flexibility index (Phi) is 4.11. The second-order valence-corrected chi connectivity index (χ2v) is 4.70. The van der Waals surface area contributed by atoms with E-state index in [0.717, 1.165) is 6.54 Å². The van der Waals surface area contributed by atoms with Crippen molar-refractivity contribution in [3.05, 3.63) is 29.6 Å².